The normalized spacial score (nSPS) is 18.1. The van der Waals surface area contributed by atoms with Gasteiger partial charge in [-0.25, -0.2) is 0 Å². The Morgan fingerprint density at radius 1 is 1.24 bits per heavy atom. The fourth-order valence-electron chi connectivity index (χ4n) is 2.48. The predicted molar refractivity (Wildman–Crippen MR) is 64.7 cm³/mol. The van der Waals surface area contributed by atoms with E-state index in [1.807, 2.05) is 30.3 Å². The highest BCUT2D eigenvalue weighted by atomic mass is 16.5. The molecule has 0 aliphatic heterocycles. The molecule has 0 saturated heterocycles. The molecule has 0 heterocycles. The lowest BCUT2D eigenvalue weighted by molar-refractivity contribution is -0.146. The zero-order chi connectivity index (χ0) is 12.1. The van der Waals surface area contributed by atoms with Gasteiger partial charge in [0.05, 0.1) is 18.6 Å². The van der Waals surface area contributed by atoms with Crippen molar-refractivity contribution >= 4 is 5.97 Å². The molecular weight excluding hydrogens is 216 g/mol. The number of benzene rings is 1. The van der Waals surface area contributed by atoms with E-state index in [0.717, 1.165) is 31.2 Å². The summed E-state index contributed by atoms with van der Waals surface area (Å²) in [7, 11) is 0. The summed E-state index contributed by atoms with van der Waals surface area (Å²) < 4.78 is 5.91. The van der Waals surface area contributed by atoms with E-state index in [9.17, 15) is 4.79 Å². The average molecular weight is 234 g/mol. The first-order chi connectivity index (χ1) is 8.20. The number of hydrogen-bond acceptors (Lipinski definition) is 2. The Morgan fingerprint density at radius 3 is 2.47 bits per heavy atom. The molecule has 0 radical (unpaired) electrons. The van der Waals surface area contributed by atoms with Crippen molar-refractivity contribution < 1.29 is 14.6 Å². The van der Waals surface area contributed by atoms with Crippen molar-refractivity contribution in [1.29, 1.82) is 0 Å². The second-order valence-electron chi connectivity index (χ2n) is 4.73. The van der Waals surface area contributed by atoms with Crippen molar-refractivity contribution in [3.63, 3.8) is 0 Å². The molecule has 92 valence electrons. The SMILES string of the molecule is O=C(O)CC1(OCc2ccccc2)CCCC1. The third-order valence-corrected chi connectivity index (χ3v) is 3.38. The van der Waals surface area contributed by atoms with E-state index in [4.69, 9.17) is 9.84 Å². The van der Waals surface area contributed by atoms with Gasteiger partial charge in [0.25, 0.3) is 0 Å². The van der Waals surface area contributed by atoms with Crippen LogP contribution in [0.3, 0.4) is 0 Å². The first-order valence-electron chi connectivity index (χ1n) is 6.10. The second-order valence-corrected chi connectivity index (χ2v) is 4.73. The highest BCUT2D eigenvalue weighted by Gasteiger charge is 2.37. The first kappa shape index (κ1) is 12.1. The number of aliphatic carboxylic acids is 1. The molecule has 1 saturated carbocycles. The van der Waals surface area contributed by atoms with Gasteiger partial charge in [-0.1, -0.05) is 43.2 Å². The lowest BCUT2D eigenvalue weighted by Gasteiger charge is -2.27. The van der Waals surface area contributed by atoms with Crippen LogP contribution in [0.2, 0.25) is 0 Å². The molecule has 0 spiro atoms. The van der Waals surface area contributed by atoms with Gasteiger partial charge in [-0.05, 0) is 18.4 Å². The van der Waals surface area contributed by atoms with Crippen LogP contribution in [0.4, 0.5) is 0 Å². The van der Waals surface area contributed by atoms with Gasteiger partial charge in [-0.15, -0.1) is 0 Å². The number of ether oxygens (including phenoxy) is 1. The second kappa shape index (κ2) is 5.32. The summed E-state index contributed by atoms with van der Waals surface area (Å²) >= 11 is 0. The van der Waals surface area contributed by atoms with Crippen LogP contribution in [0.15, 0.2) is 30.3 Å². The fraction of sp³-hybridized carbons (Fsp3) is 0.500. The molecule has 0 amide bonds. The van der Waals surface area contributed by atoms with E-state index >= 15 is 0 Å². The maximum Gasteiger partial charge on any atom is 0.306 e. The van der Waals surface area contributed by atoms with Gasteiger partial charge < -0.3 is 9.84 Å². The first-order valence-corrected chi connectivity index (χ1v) is 6.10. The molecule has 1 aliphatic rings. The molecule has 0 bridgehead atoms. The summed E-state index contributed by atoms with van der Waals surface area (Å²) in [5.74, 6) is -0.764. The summed E-state index contributed by atoms with van der Waals surface area (Å²) in [6.07, 6.45) is 4.00. The minimum atomic E-state index is -0.764. The monoisotopic (exact) mass is 234 g/mol. The summed E-state index contributed by atoms with van der Waals surface area (Å²) in [5.41, 5.74) is 0.672. The molecule has 0 aromatic heterocycles. The highest BCUT2D eigenvalue weighted by Crippen LogP contribution is 2.36. The molecule has 2 rings (SSSR count). The van der Waals surface area contributed by atoms with Crippen LogP contribution >= 0.6 is 0 Å². The zero-order valence-corrected chi connectivity index (χ0v) is 9.89. The molecule has 0 unspecified atom stereocenters. The molecule has 0 atom stereocenters. The lowest BCUT2D eigenvalue weighted by Crippen LogP contribution is -2.31. The predicted octanol–water partition coefficient (Wildman–Crippen LogP) is 2.99. The van der Waals surface area contributed by atoms with E-state index in [2.05, 4.69) is 0 Å². The van der Waals surface area contributed by atoms with Crippen LogP contribution in [0.1, 0.15) is 37.7 Å². The molecule has 17 heavy (non-hydrogen) atoms. The van der Waals surface area contributed by atoms with E-state index in [0.29, 0.717) is 6.61 Å². The minimum absolute atomic E-state index is 0.125. The van der Waals surface area contributed by atoms with Crippen LogP contribution in [0, 0.1) is 0 Å². The molecule has 1 aliphatic carbocycles. The maximum absolute atomic E-state index is 10.9. The van der Waals surface area contributed by atoms with Crippen molar-refractivity contribution in [2.45, 2.75) is 44.3 Å². The topological polar surface area (TPSA) is 46.5 Å². The molecule has 1 N–H and O–H groups in total. The van der Waals surface area contributed by atoms with Gasteiger partial charge in [-0.2, -0.15) is 0 Å². The Morgan fingerprint density at radius 2 is 1.88 bits per heavy atom. The smallest absolute Gasteiger partial charge is 0.306 e. The van der Waals surface area contributed by atoms with Gasteiger partial charge in [0, 0.05) is 0 Å². The summed E-state index contributed by atoms with van der Waals surface area (Å²) in [4.78, 5) is 10.9. The zero-order valence-electron chi connectivity index (χ0n) is 9.89. The van der Waals surface area contributed by atoms with E-state index in [1.165, 1.54) is 0 Å². The Hall–Kier alpha value is -1.35. The lowest BCUT2D eigenvalue weighted by atomic mass is 9.97. The van der Waals surface area contributed by atoms with Crippen molar-refractivity contribution in [2.24, 2.45) is 0 Å². The standard InChI is InChI=1S/C14H18O3/c15-13(16)10-14(8-4-5-9-14)17-11-12-6-2-1-3-7-12/h1-3,6-7H,4-5,8-11H2,(H,15,16). The molecular formula is C14H18O3. The van der Waals surface area contributed by atoms with Crippen molar-refractivity contribution in [2.75, 3.05) is 0 Å². The van der Waals surface area contributed by atoms with Crippen LogP contribution in [-0.4, -0.2) is 16.7 Å². The van der Waals surface area contributed by atoms with E-state index in [1.54, 1.807) is 0 Å². The summed E-state index contributed by atoms with van der Waals surface area (Å²) in [6.45, 7) is 0.508. The van der Waals surface area contributed by atoms with Crippen molar-refractivity contribution in [1.82, 2.24) is 0 Å². The van der Waals surface area contributed by atoms with Crippen molar-refractivity contribution in [3.8, 4) is 0 Å². The number of carboxylic acids is 1. The number of carbonyl (C=O) groups is 1. The van der Waals surface area contributed by atoms with Crippen LogP contribution < -0.4 is 0 Å². The molecule has 3 heteroatoms. The summed E-state index contributed by atoms with van der Waals surface area (Å²) in [5, 5.41) is 8.96. The van der Waals surface area contributed by atoms with E-state index < -0.39 is 11.6 Å². The molecule has 1 fully saturated rings. The maximum atomic E-state index is 10.9. The van der Waals surface area contributed by atoms with Crippen LogP contribution in [0.5, 0.6) is 0 Å². The number of hydrogen-bond donors (Lipinski definition) is 1. The number of rotatable bonds is 5. The Labute approximate surface area is 101 Å². The quantitative estimate of drug-likeness (QED) is 0.851. The van der Waals surface area contributed by atoms with Gasteiger partial charge in [0.15, 0.2) is 0 Å². The van der Waals surface area contributed by atoms with E-state index in [-0.39, 0.29) is 6.42 Å². The van der Waals surface area contributed by atoms with Crippen LogP contribution in [-0.2, 0) is 16.1 Å². The van der Waals surface area contributed by atoms with Gasteiger partial charge in [0.2, 0.25) is 0 Å². The third-order valence-electron chi connectivity index (χ3n) is 3.38. The fourth-order valence-corrected chi connectivity index (χ4v) is 2.48. The van der Waals surface area contributed by atoms with Gasteiger partial charge >= 0.3 is 5.97 Å². The Balaban J connectivity index is 1.96. The average Bonchev–Trinajstić information content (AvgIpc) is 2.76. The number of carboxylic acid groups (broad SMARTS) is 1. The largest absolute Gasteiger partial charge is 0.481 e. The summed E-state index contributed by atoms with van der Waals surface area (Å²) in [6, 6.07) is 9.91. The Bertz CT molecular complexity index is 366. The minimum Gasteiger partial charge on any atom is -0.481 e. The van der Waals surface area contributed by atoms with Crippen molar-refractivity contribution in [3.05, 3.63) is 35.9 Å². The van der Waals surface area contributed by atoms with Gasteiger partial charge in [-0.3, -0.25) is 4.79 Å². The molecule has 3 nitrogen and oxygen atoms in total. The van der Waals surface area contributed by atoms with Gasteiger partial charge in [0.1, 0.15) is 0 Å². The van der Waals surface area contributed by atoms with Crippen LogP contribution in [0.25, 0.3) is 0 Å². The Kier molecular flexibility index (Phi) is 3.79. The molecule has 1 aromatic rings. The third kappa shape index (κ3) is 3.30. The molecule has 1 aromatic carbocycles. The highest BCUT2D eigenvalue weighted by molar-refractivity contribution is 5.68.